The number of benzene rings is 2. The Labute approximate surface area is 172 Å². The fourth-order valence-corrected chi connectivity index (χ4v) is 3.51. The lowest BCUT2D eigenvalue weighted by Gasteiger charge is -2.27. The summed E-state index contributed by atoms with van der Waals surface area (Å²) in [6, 6.07) is 16.3. The normalized spacial score (nSPS) is 11.4. The van der Waals surface area contributed by atoms with Gasteiger partial charge in [0.15, 0.2) is 5.96 Å². The molecule has 6 nitrogen and oxygen atoms in total. The second kappa shape index (κ2) is 9.01. The first kappa shape index (κ1) is 20.7. The van der Waals surface area contributed by atoms with Gasteiger partial charge in [0.25, 0.3) is 0 Å². The smallest absolute Gasteiger partial charge is 0.193 e. The van der Waals surface area contributed by atoms with Crippen molar-refractivity contribution in [2.24, 2.45) is 5.73 Å². The molecule has 0 saturated carbocycles. The summed E-state index contributed by atoms with van der Waals surface area (Å²) in [5, 5.41) is 9.19. The second-order valence-electron chi connectivity index (χ2n) is 7.38. The standard InChI is InChI=1S/C23H30N4O2/c1-5-26(16(2)3)14-17-10-11-22(28-4)20(12-17)27(23(24)25)15-19-13-18-8-6-7-9-21(18)29-19/h6-13,16H,5,14-15H2,1-4H3,(H3,24,25). The number of furan rings is 1. The fourth-order valence-electron chi connectivity index (χ4n) is 3.51. The van der Waals surface area contributed by atoms with Gasteiger partial charge in [-0.3, -0.25) is 10.3 Å². The van der Waals surface area contributed by atoms with E-state index in [1.54, 1.807) is 12.0 Å². The van der Waals surface area contributed by atoms with Gasteiger partial charge in [-0.25, -0.2) is 0 Å². The van der Waals surface area contributed by atoms with Crippen LogP contribution < -0.4 is 15.4 Å². The largest absolute Gasteiger partial charge is 0.495 e. The third-order valence-electron chi connectivity index (χ3n) is 5.14. The number of nitrogens with two attached hydrogens (primary N) is 1. The predicted octanol–water partition coefficient (Wildman–Crippen LogP) is 4.57. The van der Waals surface area contributed by atoms with Crippen molar-refractivity contribution in [1.29, 1.82) is 5.41 Å². The number of para-hydroxylation sites is 1. The van der Waals surface area contributed by atoms with Gasteiger partial charge in [-0.1, -0.05) is 31.2 Å². The van der Waals surface area contributed by atoms with Crippen LogP contribution in [0, 0.1) is 5.41 Å². The van der Waals surface area contributed by atoms with E-state index in [9.17, 15) is 0 Å². The Morgan fingerprint density at radius 2 is 1.90 bits per heavy atom. The Kier molecular flexibility index (Phi) is 6.44. The molecule has 0 amide bonds. The van der Waals surface area contributed by atoms with Gasteiger partial charge in [0.1, 0.15) is 17.1 Å². The summed E-state index contributed by atoms with van der Waals surface area (Å²) in [6.07, 6.45) is 0. The lowest BCUT2D eigenvalue weighted by Crippen LogP contribution is -2.36. The molecule has 0 atom stereocenters. The fraction of sp³-hybridized carbons (Fsp3) is 0.348. The van der Waals surface area contributed by atoms with Crippen LogP contribution in [-0.2, 0) is 13.1 Å². The number of hydrogen-bond acceptors (Lipinski definition) is 4. The molecule has 0 aliphatic rings. The monoisotopic (exact) mass is 394 g/mol. The molecule has 3 aromatic rings. The van der Waals surface area contributed by atoms with E-state index >= 15 is 0 Å². The van der Waals surface area contributed by atoms with E-state index in [2.05, 4.69) is 31.7 Å². The van der Waals surface area contributed by atoms with Gasteiger partial charge in [0.05, 0.1) is 19.3 Å². The van der Waals surface area contributed by atoms with Gasteiger partial charge in [-0.15, -0.1) is 0 Å². The third-order valence-corrected chi connectivity index (χ3v) is 5.14. The first-order chi connectivity index (χ1) is 13.9. The number of hydrogen-bond donors (Lipinski definition) is 2. The quantitative estimate of drug-likeness (QED) is 0.432. The summed E-state index contributed by atoms with van der Waals surface area (Å²) in [4.78, 5) is 4.09. The number of anilines is 1. The van der Waals surface area contributed by atoms with E-state index in [-0.39, 0.29) is 5.96 Å². The van der Waals surface area contributed by atoms with Crippen molar-refractivity contribution in [3.8, 4) is 5.75 Å². The first-order valence-corrected chi connectivity index (χ1v) is 9.93. The first-order valence-electron chi connectivity index (χ1n) is 9.93. The number of rotatable bonds is 8. The molecule has 0 fully saturated rings. The SMILES string of the molecule is CCN(Cc1ccc(OC)c(N(Cc2cc3ccccc3o2)C(=N)N)c1)C(C)C. The van der Waals surface area contributed by atoms with Gasteiger partial charge in [-0.2, -0.15) is 0 Å². The van der Waals surface area contributed by atoms with Crippen molar-refractivity contribution >= 4 is 22.6 Å². The maximum atomic E-state index is 8.16. The summed E-state index contributed by atoms with van der Waals surface area (Å²) < 4.78 is 11.5. The van der Waals surface area contributed by atoms with Crippen molar-refractivity contribution < 1.29 is 9.15 Å². The van der Waals surface area contributed by atoms with Crippen LogP contribution in [0.2, 0.25) is 0 Å². The predicted molar refractivity (Wildman–Crippen MR) is 119 cm³/mol. The zero-order valence-electron chi connectivity index (χ0n) is 17.6. The second-order valence-corrected chi connectivity index (χ2v) is 7.38. The minimum absolute atomic E-state index is 0.0582. The van der Waals surface area contributed by atoms with E-state index in [0.29, 0.717) is 18.3 Å². The molecule has 29 heavy (non-hydrogen) atoms. The van der Waals surface area contributed by atoms with Gasteiger partial charge in [-0.05, 0) is 50.2 Å². The van der Waals surface area contributed by atoms with Crippen LogP contribution in [0.4, 0.5) is 5.69 Å². The molecule has 3 rings (SSSR count). The number of methoxy groups -OCH3 is 1. The van der Waals surface area contributed by atoms with Gasteiger partial charge >= 0.3 is 0 Å². The maximum absolute atomic E-state index is 8.16. The highest BCUT2D eigenvalue weighted by molar-refractivity contribution is 5.94. The lowest BCUT2D eigenvalue weighted by atomic mass is 10.1. The Hall–Kier alpha value is -2.99. The van der Waals surface area contributed by atoms with Crippen molar-refractivity contribution in [3.05, 3.63) is 59.9 Å². The van der Waals surface area contributed by atoms with Crippen LogP contribution >= 0.6 is 0 Å². The van der Waals surface area contributed by atoms with E-state index in [1.807, 2.05) is 42.5 Å². The highest BCUT2D eigenvalue weighted by Crippen LogP contribution is 2.32. The summed E-state index contributed by atoms with van der Waals surface area (Å²) in [5.74, 6) is 1.36. The van der Waals surface area contributed by atoms with Crippen molar-refractivity contribution in [3.63, 3.8) is 0 Å². The minimum atomic E-state index is -0.0582. The number of nitrogens with one attached hydrogen (secondary N) is 1. The van der Waals surface area contributed by atoms with E-state index in [1.165, 1.54) is 0 Å². The molecule has 0 radical (unpaired) electrons. The zero-order chi connectivity index (χ0) is 21.0. The highest BCUT2D eigenvalue weighted by Gasteiger charge is 2.19. The molecule has 0 aliphatic carbocycles. The number of guanidine groups is 1. The summed E-state index contributed by atoms with van der Waals surface area (Å²) in [6.45, 7) is 8.68. The van der Waals surface area contributed by atoms with Crippen LogP contribution in [0.25, 0.3) is 11.0 Å². The Bertz CT molecular complexity index is 947. The van der Waals surface area contributed by atoms with E-state index in [0.717, 1.165) is 41.1 Å². The van der Waals surface area contributed by atoms with Crippen LogP contribution in [0.3, 0.4) is 0 Å². The summed E-state index contributed by atoms with van der Waals surface area (Å²) in [5.41, 5.74) is 8.69. The van der Waals surface area contributed by atoms with Gasteiger partial charge in [0, 0.05) is 18.0 Å². The lowest BCUT2D eigenvalue weighted by molar-refractivity contribution is 0.225. The van der Waals surface area contributed by atoms with Crippen LogP contribution in [0.5, 0.6) is 5.75 Å². The molecule has 0 bridgehead atoms. The average molecular weight is 395 g/mol. The molecule has 6 heteroatoms. The molecular formula is C23H30N4O2. The molecule has 0 aliphatic heterocycles. The number of ether oxygens (including phenoxy) is 1. The molecule has 1 heterocycles. The molecular weight excluding hydrogens is 364 g/mol. The summed E-state index contributed by atoms with van der Waals surface area (Å²) >= 11 is 0. The van der Waals surface area contributed by atoms with E-state index in [4.69, 9.17) is 20.3 Å². The Balaban J connectivity index is 1.94. The van der Waals surface area contributed by atoms with Crippen molar-refractivity contribution in [1.82, 2.24) is 4.90 Å². The number of fused-ring (bicyclic) bond motifs is 1. The molecule has 0 saturated heterocycles. The average Bonchev–Trinajstić information content (AvgIpc) is 3.12. The van der Waals surface area contributed by atoms with Gasteiger partial charge < -0.3 is 19.8 Å². The molecule has 0 spiro atoms. The topological polar surface area (TPSA) is 78.7 Å². The third kappa shape index (κ3) is 4.71. The molecule has 0 unspecified atom stereocenters. The Morgan fingerprint density at radius 1 is 1.14 bits per heavy atom. The number of nitrogens with zero attached hydrogens (tertiary/aromatic N) is 2. The Morgan fingerprint density at radius 3 is 2.52 bits per heavy atom. The molecule has 154 valence electrons. The van der Waals surface area contributed by atoms with Crippen LogP contribution in [-0.4, -0.2) is 30.6 Å². The highest BCUT2D eigenvalue weighted by atomic mass is 16.5. The zero-order valence-corrected chi connectivity index (χ0v) is 17.6. The van der Waals surface area contributed by atoms with E-state index < -0.39 is 0 Å². The van der Waals surface area contributed by atoms with Crippen LogP contribution in [0.15, 0.2) is 52.9 Å². The maximum Gasteiger partial charge on any atom is 0.193 e. The van der Waals surface area contributed by atoms with Crippen molar-refractivity contribution in [2.45, 2.75) is 39.9 Å². The molecule has 3 N–H and O–H groups in total. The summed E-state index contributed by atoms with van der Waals surface area (Å²) in [7, 11) is 1.63. The minimum Gasteiger partial charge on any atom is -0.495 e. The molecule has 1 aromatic heterocycles. The van der Waals surface area contributed by atoms with Crippen molar-refractivity contribution in [2.75, 3.05) is 18.6 Å². The van der Waals surface area contributed by atoms with Crippen LogP contribution in [0.1, 0.15) is 32.1 Å². The van der Waals surface area contributed by atoms with Gasteiger partial charge in [0.2, 0.25) is 0 Å². The molecule has 2 aromatic carbocycles.